The molecule has 2 unspecified atom stereocenters. The Morgan fingerprint density at radius 1 is 1.33 bits per heavy atom. The summed E-state index contributed by atoms with van der Waals surface area (Å²) in [5, 5.41) is 13.6. The zero-order valence-electron chi connectivity index (χ0n) is 11.6. The summed E-state index contributed by atoms with van der Waals surface area (Å²) in [6.07, 6.45) is 2.32. The molecule has 2 fully saturated rings. The third kappa shape index (κ3) is 2.41. The predicted molar refractivity (Wildman–Crippen MR) is 74.7 cm³/mol. The number of ether oxygens (including phenoxy) is 1. The van der Waals surface area contributed by atoms with Gasteiger partial charge in [-0.05, 0) is 37.6 Å². The van der Waals surface area contributed by atoms with Crippen LogP contribution in [0.25, 0.3) is 11.5 Å². The van der Waals surface area contributed by atoms with Crippen LogP contribution in [0.15, 0.2) is 28.8 Å². The minimum absolute atomic E-state index is 0.130. The van der Waals surface area contributed by atoms with Crippen LogP contribution in [0.3, 0.4) is 0 Å². The molecule has 1 aromatic carbocycles. The number of benzene rings is 1. The summed E-state index contributed by atoms with van der Waals surface area (Å²) in [5.41, 5.74) is 0.712. The summed E-state index contributed by atoms with van der Waals surface area (Å²) in [4.78, 5) is 6.86. The van der Waals surface area contributed by atoms with Gasteiger partial charge in [0, 0.05) is 18.2 Å². The van der Waals surface area contributed by atoms with Gasteiger partial charge in [0.1, 0.15) is 11.9 Å². The summed E-state index contributed by atoms with van der Waals surface area (Å²) >= 11 is 0. The van der Waals surface area contributed by atoms with Crippen molar-refractivity contribution < 1.29 is 14.4 Å². The van der Waals surface area contributed by atoms with Gasteiger partial charge in [0.25, 0.3) is 5.89 Å². The van der Waals surface area contributed by atoms with Gasteiger partial charge >= 0.3 is 0 Å². The Morgan fingerprint density at radius 3 is 3.19 bits per heavy atom. The first-order chi connectivity index (χ1) is 10.3. The van der Waals surface area contributed by atoms with Gasteiger partial charge in [0.05, 0.1) is 6.61 Å². The minimum atomic E-state index is -0.130. The molecule has 0 bridgehead atoms. The van der Waals surface area contributed by atoms with Crippen molar-refractivity contribution in [1.82, 2.24) is 15.0 Å². The first kappa shape index (κ1) is 12.8. The highest BCUT2D eigenvalue weighted by atomic mass is 16.5. The molecule has 21 heavy (non-hydrogen) atoms. The van der Waals surface area contributed by atoms with E-state index in [4.69, 9.17) is 9.26 Å². The van der Waals surface area contributed by atoms with Crippen molar-refractivity contribution >= 4 is 0 Å². The third-order valence-electron chi connectivity index (χ3n) is 4.21. The molecular weight excluding hydrogens is 270 g/mol. The first-order valence-electron chi connectivity index (χ1n) is 7.28. The van der Waals surface area contributed by atoms with Gasteiger partial charge in [0.15, 0.2) is 0 Å². The van der Waals surface area contributed by atoms with Crippen LogP contribution in [0.5, 0.6) is 5.75 Å². The monoisotopic (exact) mass is 287 g/mol. The van der Waals surface area contributed by atoms with E-state index in [1.54, 1.807) is 18.2 Å². The van der Waals surface area contributed by atoms with E-state index in [2.05, 4.69) is 15.0 Å². The molecule has 6 heteroatoms. The van der Waals surface area contributed by atoms with Crippen LogP contribution in [-0.4, -0.2) is 45.9 Å². The van der Waals surface area contributed by atoms with Crippen LogP contribution in [0.2, 0.25) is 0 Å². The van der Waals surface area contributed by atoms with Crippen LogP contribution >= 0.6 is 0 Å². The Balaban J connectivity index is 1.54. The average molecular weight is 287 g/mol. The number of aromatic nitrogens is 2. The lowest BCUT2D eigenvalue weighted by molar-refractivity contribution is -0.0548. The first-order valence-corrected chi connectivity index (χ1v) is 7.28. The minimum Gasteiger partial charge on any atom is -0.508 e. The summed E-state index contributed by atoms with van der Waals surface area (Å²) in [6.45, 7) is 2.69. The highest BCUT2D eigenvalue weighted by Gasteiger charge is 2.34. The van der Waals surface area contributed by atoms with Gasteiger partial charge in [-0.2, -0.15) is 4.98 Å². The van der Waals surface area contributed by atoms with E-state index in [0.29, 0.717) is 23.3 Å². The Labute approximate surface area is 122 Å². The van der Waals surface area contributed by atoms with E-state index in [1.165, 1.54) is 12.8 Å². The molecule has 6 nitrogen and oxygen atoms in total. The molecule has 1 N–H and O–H groups in total. The lowest BCUT2D eigenvalue weighted by Gasteiger charge is -2.33. The fourth-order valence-electron chi connectivity index (χ4n) is 3.10. The van der Waals surface area contributed by atoms with Gasteiger partial charge in [-0.25, -0.2) is 0 Å². The molecule has 4 rings (SSSR count). The fraction of sp³-hybridized carbons (Fsp3) is 0.467. The Bertz CT molecular complexity index is 643. The second-order valence-electron chi connectivity index (χ2n) is 5.62. The Kier molecular flexibility index (Phi) is 3.12. The SMILES string of the molecule is Oc1cccc(-c2nc(C3CN4CCCC4CO3)no2)c1. The number of hydrogen-bond acceptors (Lipinski definition) is 6. The van der Waals surface area contributed by atoms with Crippen molar-refractivity contribution in [2.24, 2.45) is 0 Å². The van der Waals surface area contributed by atoms with Gasteiger partial charge in [-0.3, -0.25) is 4.90 Å². The van der Waals surface area contributed by atoms with E-state index in [0.717, 1.165) is 19.7 Å². The number of hydrogen-bond donors (Lipinski definition) is 1. The molecule has 2 atom stereocenters. The van der Waals surface area contributed by atoms with Crippen molar-refractivity contribution in [2.45, 2.75) is 25.0 Å². The topological polar surface area (TPSA) is 71.6 Å². The van der Waals surface area contributed by atoms with E-state index in [1.807, 2.05) is 6.07 Å². The largest absolute Gasteiger partial charge is 0.508 e. The maximum atomic E-state index is 9.51. The van der Waals surface area contributed by atoms with E-state index >= 15 is 0 Å². The zero-order valence-corrected chi connectivity index (χ0v) is 11.6. The fourth-order valence-corrected chi connectivity index (χ4v) is 3.10. The second-order valence-corrected chi connectivity index (χ2v) is 5.62. The third-order valence-corrected chi connectivity index (χ3v) is 4.21. The van der Waals surface area contributed by atoms with Gasteiger partial charge in [-0.1, -0.05) is 11.2 Å². The second kappa shape index (κ2) is 5.13. The molecule has 2 aliphatic rings. The Morgan fingerprint density at radius 2 is 2.29 bits per heavy atom. The van der Waals surface area contributed by atoms with Crippen LogP contribution in [0.4, 0.5) is 0 Å². The molecule has 2 aromatic rings. The number of phenols is 1. The summed E-state index contributed by atoms with van der Waals surface area (Å²) in [5.74, 6) is 1.17. The number of aromatic hydroxyl groups is 1. The molecular formula is C15H17N3O3. The lowest BCUT2D eigenvalue weighted by atomic mass is 10.2. The maximum Gasteiger partial charge on any atom is 0.258 e. The summed E-state index contributed by atoms with van der Waals surface area (Å²) in [7, 11) is 0. The number of fused-ring (bicyclic) bond motifs is 1. The average Bonchev–Trinajstić information content (AvgIpc) is 3.15. The van der Waals surface area contributed by atoms with Crippen molar-refractivity contribution in [3.05, 3.63) is 30.1 Å². The normalized spacial score (nSPS) is 25.9. The molecule has 2 aliphatic heterocycles. The predicted octanol–water partition coefficient (Wildman–Crippen LogP) is 1.98. The molecule has 1 aromatic heterocycles. The molecule has 110 valence electrons. The number of nitrogens with zero attached hydrogens (tertiary/aromatic N) is 3. The van der Waals surface area contributed by atoms with E-state index in [9.17, 15) is 5.11 Å². The van der Waals surface area contributed by atoms with Gasteiger partial charge < -0.3 is 14.4 Å². The highest BCUT2D eigenvalue weighted by Crippen LogP contribution is 2.30. The lowest BCUT2D eigenvalue weighted by Crippen LogP contribution is -2.42. The maximum absolute atomic E-state index is 9.51. The zero-order chi connectivity index (χ0) is 14.2. The number of phenolic OH excluding ortho intramolecular Hbond substituents is 1. The smallest absolute Gasteiger partial charge is 0.258 e. The molecule has 0 aliphatic carbocycles. The van der Waals surface area contributed by atoms with Crippen LogP contribution in [-0.2, 0) is 4.74 Å². The molecule has 3 heterocycles. The standard InChI is InChI=1S/C15H17N3O3/c19-12-5-1-3-10(7-12)15-16-14(17-21-15)13-8-18-6-2-4-11(18)9-20-13/h1,3,5,7,11,13,19H,2,4,6,8-9H2. The van der Waals surface area contributed by atoms with Gasteiger partial charge in [-0.15, -0.1) is 0 Å². The highest BCUT2D eigenvalue weighted by molar-refractivity contribution is 5.55. The summed E-state index contributed by atoms with van der Waals surface area (Å²) < 4.78 is 11.2. The molecule has 0 saturated carbocycles. The molecule has 0 radical (unpaired) electrons. The number of morpholine rings is 1. The van der Waals surface area contributed by atoms with Crippen molar-refractivity contribution in [2.75, 3.05) is 19.7 Å². The quantitative estimate of drug-likeness (QED) is 0.910. The number of rotatable bonds is 2. The summed E-state index contributed by atoms with van der Waals surface area (Å²) in [6, 6.07) is 7.35. The van der Waals surface area contributed by atoms with Crippen molar-refractivity contribution in [3.8, 4) is 17.2 Å². The van der Waals surface area contributed by atoms with Crippen LogP contribution in [0, 0.1) is 0 Å². The van der Waals surface area contributed by atoms with Crippen LogP contribution < -0.4 is 0 Å². The Hall–Kier alpha value is -1.92. The molecule has 0 spiro atoms. The van der Waals surface area contributed by atoms with Crippen LogP contribution in [0.1, 0.15) is 24.8 Å². The molecule has 2 saturated heterocycles. The van der Waals surface area contributed by atoms with E-state index in [-0.39, 0.29) is 11.9 Å². The van der Waals surface area contributed by atoms with Gasteiger partial charge in [0.2, 0.25) is 5.82 Å². The van der Waals surface area contributed by atoms with E-state index < -0.39 is 0 Å². The molecule has 0 amide bonds. The van der Waals surface area contributed by atoms with Crippen molar-refractivity contribution in [1.29, 1.82) is 0 Å². The van der Waals surface area contributed by atoms with Crippen molar-refractivity contribution in [3.63, 3.8) is 0 Å².